The van der Waals surface area contributed by atoms with E-state index in [-0.39, 0.29) is 11.8 Å². The molecule has 17 heavy (non-hydrogen) atoms. The van der Waals surface area contributed by atoms with Gasteiger partial charge < -0.3 is 11.1 Å². The molecule has 0 radical (unpaired) electrons. The molecular formula is C14H22N2O. The largest absolute Gasteiger partial charge is 0.371 e. The number of hydrogen-bond donors (Lipinski definition) is 2. The summed E-state index contributed by atoms with van der Waals surface area (Å²) in [5.74, 6) is -0.131. The Labute approximate surface area is 103 Å². The lowest BCUT2D eigenvalue weighted by Gasteiger charge is -2.34. The summed E-state index contributed by atoms with van der Waals surface area (Å²) in [4.78, 5) is 11.7. The third-order valence-electron chi connectivity index (χ3n) is 3.53. The number of amides is 1. The SMILES string of the molecule is CCC(C)C(C)(Nc1cccc(C)c1)C(N)=O. The zero-order valence-electron chi connectivity index (χ0n) is 11.1. The molecule has 0 bridgehead atoms. The van der Waals surface area contributed by atoms with Crippen LogP contribution in [0.2, 0.25) is 0 Å². The second-order valence-electron chi connectivity index (χ2n) is 4.87. The van der Waals surface area contributed by atoms with E-state index >= 15 is 0 Å². The highest BCUT2D eigenvalue weighted by atomic mass is 16.1. The van der Waals surface area contributed by atoms with Gasteiger partial charge in [-0.1, -0.05) is 32.4 Å². The van der Waals surface area contributed by atoms with Crippen molar-refractivity contribution in [3.8, 4) is 0 Å². The summed E-state index contributed by atoms with van der Waals surface area (Å²) in [6, 6.07) is 7.96. The first-order chi connectivity index (χ1) is 7.90. The van der Waals surface area contributed by atoms with Crippen molar-refractivity contribution in [1.29, 1.82) is 0 Å². The van der Waals surface area contributed by atoms with Crippen molar-refractivity contribution in [3.63, 3.8) is 0 Å². The van der Waals surface area contributed by atoms with Crippen LogP contribution < -0.4 is 11.1 Å². The molecule has 0 aliphatic carbocycles. The van der Waals surface area contributed by atoms with Gasteiger partial charge in [-0.2, -0.15) is 0 Å². The minimum atomic E-state index is -0.706. The number of anilines is 1. The fraction of sp³-hybridized carbons (Fsp3) is 0.500. The van der Waals surface area contributed by atoms with E-state index in [1.165, 1.54) is 0 Å². The van der Waals surface area contributed by atoms with Crippen LogP contribution in [0, 0.1) is 12.8 Å². The standard InChI is InChI=1S/C14H22N2O/c1-5-11(3)14(4,13(15)17)16-12-8-6-7-10(2)9-12/h6-9,11,16H,5H2,1-4H3,(H2,15,17). The average Bonchev–Trinajstić information content (AvgIpc) is 2.27. The summed E-state index contributed by atoms with van der Waals surface area (Å²) >= 11 is 0. The van der Waals surface area contributed by atoms with Gasteiger partial charge in [0.1, 0.15) is 5.54 Å². The Hall–Kier alpha value is -1.51. The van der Waals surface area contributed by atoms with Gasteiger partial charge in [0.2, 0.25) is 5.91 Å². The molecule has 2 unspecified atom stereocenters. The van der Waals surface area contributed by atoms with Crippen LogP contribution in [-0.2, 0) is 4.79 Å². The fourth-order valence-electron chi connectivity index (χ4n) is 1.86. The molecule has 2 atom stereocenters. The van der Waals surface area contributed by atoms with Crippen LogP contribution in [0.5, 0.6) is 0 Å². The van der Waals surface area contributed by atoms with Gasteiger partial charge in [-0.25, -0.2) is 0 Å². The molecule has 0 heterocycles. The predicted octanol–water partition coefficient (Wildman–Crippen LogP) is 2.70. The molecule has 1 amide bonds. The number of carbonyl (C=O) groups excluding carboxylic acids is 1. The highest BCUT2D eigenvalue weighted by Gasteiger charge is 2.36. The summed E-state index contributed by atoms with van der Waals surface area (Å²) < 4.78 is 0. The van der Waals surface area contributed by atoms with Crippen molar-refractivity contribution in [3.05, 3.63) is 29.8 Å². The van der Waals surface area contributed by atoms with E-state index in [9.17, 15) is 4.79 Å². The molecule has 0 aliphatic rings. The molecule has 0 aliphatic heterocycles. The first-order valence-electron chi connectivity index (χ1n) is 6.05. The monoisotopic (exact) mass is 234 g/mol. The maximum atomic E-state index is 11.7. The normalized spacial score (nSPS) is 16.0. The third-order valence-corrected chi connectivity index (χ3v) is 3.53. The van der Waals surface area contributed by atoms with Gasteiger partial charge in [0.05, 0.1) is 0 Å². The molecule has 0 spiro atoms. The van der Waals surface area contributed by atoms with Crippen LogP contribution in [0.25, 0.3) is 0 Å². The Kier molecular flexibility index (Phi) is 4.16. The lowest BCUT2D eigenvalue weighted by molar-refractivity contribution is -0.123. The highest BCUT2D eigenvalue weighted by Crippen LogP contribution is 2.25. The smallest absolute Gasteiger partial charge is 0.243 e. The van der Waals surface area contributed by atoms with Crippen LogP contribution in [0.3, 0.4) is 0 Å². The maximum Gasteiger partial charge on any atom is 0.243 e. The van der Waals surface area contributed by atoms with Gasteiger partial charge in [-0.3, -0.25) is 4.79 Å². The van der Waals surface area contributed by atoms with E-state index < -0.39 is 5.54 Å². The molecule has 1 aromatic carbocycles. The number of carbonyl (C=O) groups is 1. The van der Waals surface area contributed by atoms with Crippen LogP contribution >= 0.6 is 0 Å². The molecule has 0 fully saturated rings. The molecular weight excluding hydrogens is 212 g/mol. The number of nitrogens with two attached hydrogens (primary N) is 1. The summed E-state index contributed by atoms with van der Waals surface area (Å²) in [6.07, 6.45) is 0.901. The maximum absolute atomic E-state index is 11.7. The van der Waals surface area contributed by atoms with E-state index in [0.717, 1.165) is 17.7 Å². The molecule has 1 aromatic rings. The van der Waals surface area contributed by atoms with E-state index in [4.69, 9.17) is 5.73 Å². The predicted molar refractivity (Wildman–Crippen MR) is 71.9 cm³/mol. The van der Waals surface area contributed by atoms with Crippen molar-refractivity contribution < 1.29 is 4.79 Å². The Morgan fingerprint density at radius 3 is 2.65 bits per heavy atom. The van der Waals surface area contributed by atoms with E-state index in [1.54, 1.807) is 0 Å². The lowest BCUT2D eigenvalue weighted by atomic mass is 9.84. The summed E-state index contributed by atoms with van der Waals surface area (Å²) in [5, 5.41) is 3.27. The van der Waals surface area contributed by atoms with Gasteiger partial charge in [-0.15, -0.1) is 0 Å². The fourth-order valence-corrected chi connectivity index (χ4v) is 1.86. The molecule has 3 nitrogen and oxygen atoms in total. The Balaban J connectivity index is 2.99. The summed E-state index contributed by atoms with van der Waals surface area (Å²) in [5.41, 5.74) is 6.92. The first kappa shape index (κ1) is 13.6. The second kappa shape index (κ2) is 5.21. The van der Waals surface area contributed by atoms with E-state index in [1.807, 2.05) is 45.0 Å². The quantitative estimate of drug-likeness (QED) is 0.823. The number of primary amides is 1. The summed E-state index contributed by atoms with van der Waals surface area (Å²) in [7, 11) is 0. The van der Waals surface area contributed by atoms with Gasteiger partial charge in [0, 0.05) is 5.69 Å². The van der Waals surface area contributed by atoms with Crippen molar-refractivity contribution in [2.75, 3.05) is 5.32 Å². The number of benzene rings is 1. The molecule has 94 valence electrons. The molecule has 0 saturated carbocycles. The van der Waals surface area contributed by atoms with E-state index in [2.05, 4.69) is 12.2 Å². The molecule has 1 rings (SSSR count). The number of nitrogens with one attached hydrogen (secondary N) is 1. The van der Waals surface area contributed by atoms with Crippen LogP contribution in [0.4, 0.5) is 5.69 Å². The minimum Gasteiger partial charge on any atom is -0.371 e. The lowest BCUT2D eigenvalue weighted by Crippen LogP contribution is -2.52. The second-order valence-corrected chi connectivity index (χ2v) is 4.87. The van der Waals surface area contributed by atoms with Crippen molar-refractivity contribution in [2.45, 2.75) is 39.7 Å². The van der Waals surface area contributed by atoms with E-state index in [0.29, 0.717) is 0 Å². The Morgan fingerprint density at radius 1 is 1.53 bits per heavy atom. The Bertz CT molecular complexity index is 403. The van der Waals surface area contributed by atoms with Gasteiger partial charge in [0.15, 0.2) is 0 Å². The molecule has 0 aromatic heterocycles. The van der Waals surface area contributed by atoms with Crippen molar-refractivity contribution >= 4 is 11.6 Å². The van der Waals surface area contributed by atoms with Crippen LogP contribution in [-0.4, -0.2) is 11.4 Å². The zero-order valence-corrected chi connectivity index (χ0v) is 11.1. The first-order valence-corrected chi connectivity index (χ1v) is 6.05. The number of aryl methyl sites for hydroxylation is 1. The van der Waals surface area contributed by atoms with Gasteiger partial charge in [-0.05, 0) is 37.5 Å². The highest BCUT2D eigenvalue weighted by molar-refractivity contribution is 5.87. The summed E-state index contributed by atoms with van der Waals surface area (Å²) in [6.45, 7) is 7.99. The topological polar surface area (TPSA) is 55.1 Å². The minimum absolute atomic E-state index is 0.181. The number of hydrogen-bond acceptors (Lipinski definition) is 2. The molecule has 0 saturated heterocycles. The Morgan fingerprint density at radius 2 is 2.18 bits per heavy atom. The average molecular weight is 234 g/mol. The van der Waals surface area contributed by atoms with Crippen molar-refractivity contribution in [1.82, 2.24) is 0 Å². The molecule has 3 N–H and O–H groups in total. The zero-order chi connectivity index (χ0) is 13.1. The van der Waals surface area contributed by atoms with Gasteiger partial charge >= 0.3 is 0 Å². The number of rotatable bonds is 5. The molecule has 3 heteroatoms. The van der Waals surface area contributed by atoms with Crippen LogP contribution in [0.15, 0.2) is 24.3 Å². The third kappa shape index (κ3) is 2.99. The van der Waals surface area contributed by atoms with Crippen LogP contribution in [0.1, 0.15) is 32.8 Å². The van der Waals surface area contributed by atoms with Crippen molar-refractivity contribution in [2.24, 2.45) is 11.7 Å². The van der Waals surface area contributed by atoms with Gasteiger partial charge in [0.25, 0.3) is 0 Å².